The number of Topliss-reactive ketones (excluding diaryl/α,β-unsaturated/α-hetero) is 1. The summed E-state index contributed by atoms with van der Waals surface area (Å²) in [7, 11) is 0. The molecule has 2 rings (SSSR count). The summed E-state index contributed by atoms with van der Waals surface area (Å²) in [5.41, 5.74) is 0.367. The van der Waals surface area contributed by atoms with E-state index in [9.17, 15) is 19.5 Å². The van der Waals surface area contributed by atoms with Crippen LogP contribution in [0.1, 0.15) is 23.7 Å². The summed E-state index contributed by atoms with van der Waals surface area (Å²) < 4.78 is 10.0. The standard InChI is InChI=1S/C21H23NO6/c1-3-11-27-21(26)22-18(12-14(2)23)19(24)13-28-20(25)17-10-6-8-15-7-4-5-9-16(15)17/h3-10,18-19,24H,1,11-13H2,2H3,(H,22,26). The van der Waals surface area contributed by atoms with Crippen LogP contribution in [0.3, 0.4) is 0 Å². The number of esters is 1. The first-order valence-corrected chi connectivity index (χ1v) is 8.79. The second kappa shape index (κ2) is 10.2. The molecule has 0 bridgehead atoms. The van der Waals surface area contributed by atoms with Gasteiger partial charge in [-0.25, -0.2) is 9.59 Å². The van der Waals surface area contributed by atoms with E-state index >= 15 is 0 Å². The molecule has 0 radical (unpaired) electrons. The van der Waals surface area contributed by atoms with Gasteiger partial charge in [0.1, 0.15) is 25.1 Å². The lowest BCUT2D eigenvalue weighted by atomic mass is 10.0. The summed E-state index contributed by atoms with van der Waals surface area (Å²) in [4.78, 5) is 35.6. The molecule has 2 atom stereocenters. The van der Waals surface area contributed by atoms with Crippen molar-refractivity contribution >= 4 is 28.6 Å². The van der Waals surface area contributed by atoms with Gasteiger partial charge in [0.05, 0.1) is 11.6 Å². The van der Waals surface area contributed by atoms with E-state index in [4.69, 9.17) is 9.47 Å². The lowest BCUT2D eigenvalue weighted by Crippen LogP contribution is -2.46. The van der Waals surface area contributed by atoms with Gasteiger partial charge in [0, 0.05) is 6.42 Å². The van der Waals surface area contributed by atoms with Gasteiger partial charge in [0.15, 0.2) is 0 Å². The van der Waals surface area contributed by atoms with Crippen molar-refractivity contribution in [1.29, 1.82) is 0 Å². The van der Waals surface area contributed by atoms with Crippen LogP contribution in [-0.4, -0.2) is 48.3 Å². The maximum atomic E-state index is 12.4. The number of benzene rings is 2. The highest BCUT2D eigenvalue weighted by Gasteiger charge is 2.25. The van der Waals surface area contributed by atoms with E-state index in [-0.39, 0.29) is 25.4 Å². The third-order valence-corrected chi connectivity index (χ3v) is 4.00. The summed E-state index contributed by atoms with van der Waals surface area (Å²) >= 11 is 0. The number of rotatable bonds is 9. The van der Waals surface area contributed by atoms with Crippen LogP contribution in [0.5, 0.6) is 0 Å². The number of aliphatic hydroxyl groups excluding tert-OH is 1. The molecule has 2 aromatic carbocycles. The quantitative estimate of drug-likeness (QED) is 0.508. The highest BCUT2D eigenvalue weighted by atomic mass is 16.6. The Morgan fingerprint density at radius 3 is 2.57 bits per heavy atom. The molecule has 7 nitrogen and oxygen atoms in total. The average Bonchev–Trinajstić information content (AvgIpc) is 2.68. The number of amides is 1. The van der Waals surface area contributed by atoms with Gasteiger partial charge in [0.25, 0.3) is 0 Å². The zero-order chi connectivity index (χ0) is 20.5. The topological polar surface area (TPSA) is 102 Å². The normalized spacial score (nSPS) is 12.6. The second-order valence-electron chi connectivity index (χ2n) is 6.24. The molecule has 0 fully saturated rings. The Kier molecular flexibility index (Phi) is 7.71. The second-order valence-corrected chi connectivity index (χ2v) is 6.24. The highest BCUT2D eigenvalue weighted by Crippen LogP contribution is 2.19. The van der Waals surface area contributed by atoms with Crippen LogP contribution in [-0.2, 0) is 14.3 Å². The number of ketones is 1. The first kappa shape index (κ1) is 21.1. The molecule has 0 aromatic heterocycles. The predicted molar refractivity (Wildman–Crippen MR) is 104 cm³/mol. The SMILES string of the molecule is C=CCOC(=O)NC(CC(C)=O)C(O)COC(=O)c1cccc2ccccc12. The van der Waals surface area contributed by atoms with Crippen LogP contribution in [0.2, 0.25) is 0 Å². The number of hydrogen-bond acceptors (Lipinski definition) is 6. The van der Waals surface area contributed by atoms with E-state index in [1.807, 2.05) is 24.3 Å². The molecule has 0 saturated carbocycles. The van der Waals surface area contributed by atoms with Gasteiger partial charge in [-0.3, -0.25) is 4.79 Å². The maximum absolute atomic E-state index is 12.4. The number of carbonyl (C=O) groups is 3. The van der Waals surface area contributed by atoms with Crippen molar-refractivity contribution in [2.24, 2.45) is 0 Å². The smallest absolute Gasteiger partial charge is 0.407 e. The number of ether oxygens (including phenoxy) is 2. The van der Waals surface area contributed by atoms with E-state index in [0.717, 1.165) is 10.8 Å². The van der Waals surface area contributed by atoms with Crippen molar-refractivity contribution in [2.75, 3.05) is 13.2 Å². The zero-order valence-corrected chi connectivity index (χ0v) is 15.6. The molecule has 148 valence electrons. The zero-order valence-electron chi connectivity index (χ0n) is 15.6. The first-order valence-electron chi connectivity index (χ1n) is 8.79. The number of carbonyl (C=O) groups excluding carboxylic acids is 3. The Balaban J connectivity index is 2.02. The van der Waals surface area contributed by atoms with Gasteiger partial charge in [0.2, 0.25) is 0 Å². The monoisotopic (exact) mass is 385 g/mol. The largest absolute Gasteiger partial charge is 0.459 e. The van der Waals surface area contributed by atoms with Crippen molar-refractivity contribution in [2.45, 2.75) is 25.5 Å². The van der Waals surface area contributed by atoms with Crippen molar-refractivity contribution in [1.82, 2.24) is 5.32 Å². The van der Waals surface area contributed by atoms with E-state index < -0.39 is 24.2 Å². The van der Waals surface area contributed by atoms with Crippen LogP contribution in [0.4, 0.5) is 4.79 Å². The summed E-state index contributed by atoms with van der Waals surface area (Å²) in [6, 6.07) is 11.7. The maximum Gasteiger partial charge on any atom is 0.407 e. The summed E-state index contributed by atoms with van der Waals surface area (Å²) in [5.74, 6) is -0.847. The Morgan fingerprint density at radius 1 is 1.14 bits per heavy atom. The molecular weight excluding hydrogens is 362 g/mol. The van der Waals surface area contributed by atoms with E-state index in [1.165, 1.54) is 13.0 Å². The van der Waals surface area contributed by atoms with Crippen LogP contribution in [0.15, 0.2) is 55.1 Å². The van der Waals surface area contributed by atoms with Crippen molar-refractivity contribution in [3.05, 3.63) is 60.7 Å². The molecule has 1 amide bonds. The third-order valence-electron chi connectivity index (χ3n) is 4.00. The molecule has 7 heteroatoms. The summed E-state index contributed by atoms with van der Waals surface area (Å²) in [6.45, 7) is 4.36. The summed E-state index contributed by atoms with van der Waals surface area (Å²) in [5, 5.41) is 14.3. The Hall–Kier alpha value is -3.19. The number of nitrogens with one attached hydrogen (secondary N) is 1. The Labute approximate surface area is 162 Å². The van der Waals surface area contributed by atoms with Crippen LogP contribution in [0, 0.1) is 0 Å². The lowest BCUT2D eigenvalue weighted by Gasteiger charge is -2.22. The van der Waals surface area contributed by atoms with Gasteiger partial charge in [-0.05, 0) is 23.8 Å². The van der Waals surface area contributed by atoms with Gasteiger partial charge in [-0.1, -0.05) is 49.1 Å². The minimum Gasteiger partial charge on any atom is -0.459 e. The van der Waals surface area contributed by atoms with Crippen LogP contribution in [0.25, 0.3) is 10.8 Å². The predicted octanol–water partition coefficient (Wildman–Crippen LogP) is 2.62. The number of aliphatic hydroxyl groups is 1. The highest BCUT2D eigenvalue weighted by molar-refractivity contribution is 6.04. The molecule has 2 unspecified atom stereocenters. The van der Waals surface area contributed by atoms with Gasteiger partial charge in [-0.15, -0.1) is 0 Å². The summed E-state index contributed by atoms with van der Waals surface area (Å²) in [6.07, 6.45) is -0.817. The molecule has 0 spiro atoms. The minimum absolute atomic E-state index is 0.00914. The molecule has 28 heavy (non-hydrogen) atoms. The van der Waals surface area contributed by atoms with Gasteiger partial charge >= 0.3 is 12.1 Å². The molecule has 0 aliphatic carbocycles. The van der Waals surface area contributed by atoms with E-state index in [1.54, 1.807) is 18.2 Å². The molecule has 0 heterocycles. The first-order chi connectivity index (χ1) is 13.4. The average molecular weight is 385 g/mol. The molecule has 0 aliphatic rings. The van der Waals surface area contributed by atoms with Crippen LogP contribution >= 0.6 is 0 Å². The van der Waals surface area contributed by atoms with Crippen molar-refractivity contribution in [3.63, 3.8) is 0 Å². The Morgan fingerprint density at radius 2 is 1.86 bits per heavy atom. The number of fused-ring (bicyclic) bond motifs is 1. The fraction of sp³-hybridized carbons (Fsp3) is 0.286. The van der Waals surface area contributed by atoms with E-state index in [0.29, 0.717) is 5.56 Å². The third kappa shape index (κ3) is 5.92. The number of hydrogen-bond donors (Lipinski definition) is 2. The molecule has 0 aliphatic heterocycles. The molecule has 0 saturated heterocycles. The molecule has 2 aromatic rings. The van der Waals surface area contributed by atoms with E-state index in [2.05, 4.69) is 11.9 Å². The molecule has 2 N–H and O–H groups in total. The fourth-order valence-electron chi connectivity index (χ4n) is 2.68. The number of alkyl carbamates (subject to hydrolysis) is 1. The van der Waals surface area contributed by atoms with Gasteiger partial charge < -0.3 is 19.9 Å². The lowest BCUT2D eigenvalue weighted by molar-refractivity contribution is -0.118. The fourth-order valence-corrected chi connectivity index (χ4v) is 2.68. The Bertz CT molecular complexity index is 858. The minimum atomic E-state index is -1.28. The van der Waals surface area contributed by atoms with Crippen molar-refractivity contribution in [3.8, 4) is 0 Å². The van der Waals surface area contributed by atoms with Crippen LogP contribution < -0.4 is 5.32 Å². The van der Waals surface area contributed by atoms with Gasteiger partial charge in [-0.2, -0.15) is 0 Å². The molecular formula is C21H23NO6. The van der Waals surface area contributed by atoms with Crippen molar-refractivity contribution < 1.29 is 29.0 Å².